The van der Waals surface area contributed by atoms with Gasteiger partial charge in [-0.05, 0) is 25.1 Å². The predicted molar refractivity (Wildman–Crippen MR) is 64.1 cm³/mol. The van der Waals surface area contributed by atoms with Crippen molar-refractivity contribution < 1.29 is 9.53 Å². The molecule has 1 atom stereocenters. The molecule has 0 aliphatic carbocycles. The Balaban J connectivity index is 2.47. The molecule has 0 saturated carbocycles. The second kappa shape index (κ2) is 4.18. The lowest BCUT2D eigenvalue weighted by Gasteiger charge is -2.34. The van der Waals surface area contributed by atoms with Crippen molar-refractivity contribution >= 4 is 23.2 Å². The third kappa shape index (κ3) is 1.78. The van der Waals surface area contributed by atoms with E-state index >= 15 is 0 Å². The molecule has 0 N–H and O–H groups in total. The Hall–Kier alpha value is -1.48. The molecular formula is C12H12ClNO2. The number of carbonyl (C=O) groups excluding carboxylic acids is 1. The second-order valence-corrected chi connectivity index (χ2v) is 4.12. The lowest BCUT2D eigenvalue weighted by Crippen LogP contribution is -2.44. The molecule has 0 radical (unpaired) electrons. The summed E-state index contributed by atoms with van der Waals surface area (Å²) in [6.07, 6.45) is 1.31. The van der Waals surface area contributed by atoms with Crippen LogP contribution in [0.5, 0.6) is 5.75 Å². The van der Waals surface area contributed by atoms with E-state index in [4.69, 9.17) is 16.3 Å². The van der Waals surface area contributed by atoms with Gasteiger partial charge in [0.2, 0.25) is 0 Å². The van der Waals surface area contributed by atoms with Crippen LogP contribution < -0.4 is 9.64 Å². The van der Waals surface area contributed by atoms with Crippen LogP contribution in [0.15, 0.2) is 30.9 Å². The van der Waals surface area contributed by atoms with Gasteiger partial charge in [0.05, 0.1) is 11.7 Å². The van der Waals surface area contributed by atoms with Gasteiger partial charge in [0.1, 0.15) is 12.4 Å². The van der Waals surface area contributed by atoms with E-state index in [0.29, 0.717) is 17.4 Å². The number of nitrogens with zero attached hydrogens (tertiary/aromatic N) is 1. The van der Waals surface area contributed by atoms with Gasteiger partial charge in [-0.3, -0.25) is 9.69 Å². The van der Waals surface area contributed by atoms with Gasteiger partial charge in [0, 0.05) is 11.1 Å². The van der Waals surface area contributed by atoms with Crippen LogP contribution in [0.25, 0.3) is 0 Å². The van der Waals surface area contributed by atoms with Gasteiger partial charge in [-0.15, -0.1) is 0 Å². The van der Waals surface area contributed by atoms with E-state index in [1.165, 1.54) is 6.08 Å². The van der Waals surface area contributed by atoms with Crippen molar-refractivity contribution in [1.29, 1.82) is 0 Å². The molecule has 0 bridgehead atoms. The van der Waals surface area contributed by atoms with E-state index < -0.39 is 0 Å². The number of amides is 1. The summed E-state index contributed by atoms with van der Waals surface area (Å²) in [5.41, 5.74) is 0.744. The fraction of sp³-hybridized carbons (Fsp3) is 0.250. The van der Waals surface area contributed by atoms with E-state index in [1.807, 2.05) is 6.92 Å². The summed E-state index contributed by atoms with van der Waals surface area (Å²) in [5.74, 6) is 0.514. The standard InChI is InChI=1S/C12H12ClNO2/c1-3-12(15)14-8(2)7-16-11-6-9(13)4-5-10(11)14/h3-6,8H,1,7H2,2H3. The van der Waals surface area contributed by atoms with Crippen molar-refractivity contribution in [3.8, 4) is 5.75 Å². The molecule has 84 valence electrons. The van der Waals surface area contributed by atoms with Gasteiger partial charge in [-0.2, -0.15) is 0 Å². The van der Waals surface area contributed by atoms with Gasteiger partial charge in [-0.25, -0.2) is 0 Å². The Bertz CT molecular complexity index is 445. The Morgan fingerprint density at radius 2 is 2.44 bits per heavy atom. The van der Waals surface area contributed by atoms with Crippen molar-refractivity contribution in [2.24, 2.45) is 0 Å². The fourth-order valence-electron chi connectivity index (χ4n) is 1.76. The van der Waals surface area contributed by atoms with E-state index in [-0.39, 0.29) is 11.9 Å². The molecule has 1 heterocycles. The Morgan fingerprint density at radius 3 is 3.12 bits per heavy atom. The van der Waals surface area contributed by atoms with Crippen molar-refractivity contribution in [3.05, 3.63) is 35.9 Å². The summed E-state index contributed by atoms with van der Waals surface area (Å²) < 4.78 is 5.53. The van der Waals surface area contributed by atoms with Gasteiger partial charge in [-0.1, -0.05) is 18.2 Å². The number of carbonyl (C=O) groups is 1. The zero-order chi connectivity index (χ0) is 11.7. The summed E-state index contributed by atoms with van der Waals surface area (Å²) >= 11 is 5.87. The number of halogens is 1. The highest BCUT2D eigenvalue weighted by Gasteiger charge is 2.27. The SMILES string of the molecule is C=CC(=O)N1c2ccc(Cl)cc2OCC1C. The van der Waals surface area contributed by atoms with Crippen LogP contribution in [0.1, 0.15) is 6.92 Å². The Kier molecular flexibility index (Phi) is 2.88. The average Bonchev–Trinajstić information content (AvgIpc) is 2.28. The molecule has 1 aromatic carbocycles. The first kappa shape index (κ1) is 11.0. The first-order chi connectivity index (χ1) is 7.63. The minimum absolute atomic E-state index is 0.000763. The molecule has 4 heteroatoms. The molecule has 16 heavy (non-hydrogen) atoms. The normalized spacial score (nSPS) is 18.6. The zero-order valence-corrected chi connectivity index (χ0v) is 9.70. The van der Waals surface area contributed by atoms with Crippen LogP contribution in [0.4, 0.5) is 5.69 Å². The maximum absolute atomic E-state index is 11.7. The highest BCUT2D eigenvalue weighted by atomic mass is 35.5. The smallest absolute Gasteiger partial charge is 0.250 e. The summed E-state index contributed by atoms with van der Waals surface area (Å²) in [6, 6.07) is 5.24. The Morgan fingerprint density at radius 1 is 1.69 bits per heavy atom. The third-order valence-corrected chi connectivity index (χ3v) is 2.75. The van der Waals surface area contributed by atoms with Crippen LogP contribution in [0, 0.1) is 0 Å². The summed E-state index contributed by atoms with van der Waals surface area (Å²) in [6.45, 7) is 5.90. The highest BCUT2D eigenvalue weighted by molar-refractivity contribution is 6.30. The van der Waals surface area contributed by atoms with Gasteiger partial charge in [0.25, 0.3) is 5.91 Å². The second-order valence-electron chi connectivity index (χ2n) is 3.68. The molecular weight excluding hydrogens is 226 g/mol. The van der Waals surface area contributed by atoms with Crippen LogP contribution >= 0.6 is 11.6 Å². The van der Waals surface area contributed by atoms with Crippen molar-refractivity contribution in [1.82, 2.24) is 0 Å². The summed E-state index contributed by atoms with van der Waals surface area (Å²) in [7, 11) is 0. The molecule has 2 rings (SSSR count). The average molecular weight is 238 g/mol. The Labute approximate surface area is 99.3 Å². The summed E-state index contributed by atoms with van der Waals surface area (Å²) in [5, 5.41) is 0.597. The lowest BCUT2D eigenvalue weighted by atomic mass is 10.1. The number of ether oxygens (including phenoxy) is 1. The highest BCUT2D eigenvalue weighted by Crippen LogP contribution is 2.35. The number of benzene rings is 1. The third-order valence-electron chi connectivity index (χ3n) is 2.51. The minimum atomic E-state index is -0.126. The molecule has 1 aliphatic rings. The van der Waals surface area contributed by atoms with Crippen molar-refractivity contribution in [3.63, 3.8) is 0 Å². The summed E-state index contributed by atoms with van der Waals surface area (Å²) in [4.78, 5) is 13.4. The molecule has 0 spiro atoms. The minimum Gasteiger partial charge on any atom is -0.489 e. The topological polar surface area (TPSA) is 29.5 Å². The van der Waals surface area contributed by atoms with Crippen molar-refractivity contribution in [2.45, 2.75) is 13.0 Å². The fourth-order valence-corrected chi connectivity index (χ4v) is 1.92. The molecule has 0 aromatic heterocycles. The molecule has 1 amide bonds. The largest absolute Gasteiger partial charge is 0.489 e. The maximum atomic E-state index is 11.7. The number of hydrogen-bond acceptors (Lipinski definition) is 2. The number of rotatable bonds is 1. The molecule has 0 fully saturated rings. The van der Waals surface area contributed by atoms with Gasteiger partial charge < -0.3 is 4.74 Å². The van der Waals surface area contributed by atoms with E-state index in [9.17, 15) is 4.79 Å². The molecule has 1 unspecified atom stereocenters. The monoisotopic (exact) mass is 237 g/mol. The molecule has 0 saturated heterocycles. The van der Waals surface area contributed by atoms with Gasteiger partial charge in [0.15, 0.2) is 0 Å². The first-order valence-corrected chi connectivity index (χ1v) is 5.39. The van der Waals surface area contributed by atoms with Gasteiger partial charge >= 0.3 is 0 Å². The molecule has 1 aromatic rings. The van der Waals surface area contributed by atoms with Crippen LogP contribution in [0.2, 0.25) is 5.02 Å². The van der Waals surface area contributed by atoms with E-state index in [2.05, 4.69) is 6.58 Å². The number of anilines is 1. The lowest BCUT2D eigenvalue weighted by molar-refractivity contribution is -0.114. The van der Waals surface area contributed by atoms with E-state index in [1.54, 1.807) is 23.1 Å². The quantitative estimate of drug-likeness (QED) is 0.703. The first-order valence-electron chi connectivity index (χ1n) is 5.01. The van der Waals surface area contributed by atoms with Crippen LogP contribution in [-0.2, 0) is 4.79 Å². The van der Waals surface area contributed by atoms with Crippen LogP contribution in [0.3, 0.4) is 0 Å². The molecule has 3 nitrogen and oxygen atoms in total. The molecule has 1 aliphatic heterocycles. The number of fused-ring (bicyclic) bond motifs is 1. The van der Waals surface area contributed by atoms with Crippen molar-refractivity contribution in [2.75, 3.05) is 11.5 Å². The number of hydrogen-bond donors (Lipinski definition) is 0. The zero-order valence-electron chi connectivity index (χ0n) is 8.94. The van der Waals surface area contributed by atoms with Crippen LogP contribution in [-0.4, -0.2) is 18.6 Å². The maximum Gasteiger partial charge on any atom is 0.250 e. The van der Waals surface area contributed by atoms with E-state index in [0.717, 1.165) is 5.69 Å². The predicted octanol–water partition coefficient (Wildman–Crippen LogP) is 2.64.